The van der Waals surface area contributed by atoms with Crippen LogP contribution in [0.2, 0.25) is 0 Å². The molecule has 152 valence electrons. The average Bonchev–Trinajstić information content (AvgIpc) is 3.22. The normalized spacial score (nSPS) is 25.0. The number of aliphatic carboxylic acids is 1. The number of aliphatic hydroxyl groups is 2. The Morgan fingerprint density at radius 2 is 2.18 bits per heavy atom. The van der Waals surface area contributed by atoms with Gasteiger partial charge in [0.2, 0.25) is 0 Å². The number of aliphatic hydroxyl groups excluding tert-OH is 2. The Labute approximate surface area is 179 Å². The SMILES string of the molecule is CCCSc1nc(NC/C=C/[125I])c2nnn(C3CC(C(=O)O)C(O)C3O)c2n1. The zero-order valence-electron chi connectivity index (χ0n) is 15.1. The molecular formula is C16H21IN6O4S. The Balaban J connectivity index is 2.01. The van der Waals surface area contributed by atoms with E-state index in [1.165, 1.54) is 16.4 Å². The number of anilines is 1. The molecule has 4 N–H and O–H groups in total. The number of aromatic nitrogens is 5. The Bertz CT molecular complexity index is 878. The lowest BCUT2D eigenvalue weighted by atomic mass is 10.1. The van der Waals surface area contributed by atoms with Crippen LogP contribution in [0.25, 0.3) is 11.2 Å². The number of hydrogen-bond acceptors (Lipinski definition) is 9. The zero-order chi connectivity index (χ0) is 20.3. The molecule has 3 rings (SSSR count). The Morgan fingerprint density at radius 1 is 1.39 bits per heavy atom. The second-order valence-corrected chi connectivity index (χ2v) is 8.16. The first kappa shape index (κ1) is 21.2. The quantitative estimate of drug-likeness (QED) is 0.230. The van der Waals surface area contributed by atoms with Crippen molar-refractivity contribution in [3.63, 3.8) is 0 Å². The molecule has 0 spiro atoms. The summed E-state index contributed by atoms with van der Waals surface area (Å²) in [6, 6.07) is -0.734. The fourth-order valence-corrected chi connectivity index (χ4v) is 4.06. The Hall–Kier alpha value is -1.51. The predicted octanol–water partition coefficient (Wildman–Crippen LogP) is 1.45. The number of fused-ring (bicyclic) bond motifs is 1. The average molecular weight is 518 g/mol. The third-order valence-electron chi connectivity index (χ3n) is 4.50. The molecule has 12 heteroatoms. The molecule has 2 aromatic heterocycles. The van der Waals surface area contributed by atoms with Crippen molar-refractivity contribution >= 4 is 57.3 Å². The monoisotopic (exact) mass is 518 g/mol. The number of halogens is 1. The van der Waals surface area contributed by atoms with E-state index in [9.17, 15) is 20.1 Å². The summed E-state index contributed by atoms with van der Waals surface area (Å²) in [5.41, 5.74) is 0.833. The molecule has 1 aliphatic carbocycles. The van der Waals surface area contributed by atoms with Crippen LogP contribution in [0.1, 0.15) is 25.8 Å². The molecule has 0 bridgehead atoms. The van der Waals surface area contributed by atoms with Crippen molar-refractivity contribution in [3.05, 3.63) is 10.2 Å². The minimum absolute atomic E-state index is 0.0396. The molecule has 4 unspecified atom stereocenters. The van der Waals surface area contributed by atoms with Crippen LogP contribution in [0.4, 0.5) is 5.82 Å². The number of carbonyl (C=O) groups is 1. The molecule has 1 saturated carbocycles. The van der Waals surface area contributed by atoms with Crippen molar-refractivity contribution in [1.82, 2.24) is 25.0 Å². The number of carboxylic acids is 1. The van der Waals surface area contributed by atoms with E-state index in [-0.39, 0.29) is 6.42 Å². The van der Waals surface area contributed by atoms with Gasteiger partial charge in [0.25, 0.3) is 0 Å². The number of nitrogens with zero attached hydrogens (tertiary/aromatic N) is 5. The fraction of sp³-hybridized carbons (Fsp3) is 0.562. The summed E-state index contributed by atoms with van der Waals surface area (Å²) >= 11 is 3.62. The van der Waals surface area contributed by atoms with Crippen LogP contribution in [-0.2, 0) is 4.79 Å². The third-order valence-corrected chi connectivity index (χ3v) is 6.06. The number of hydrogen-bond donors (Lipinski definition) is 4. The van der Waals surface area contributed by atoms with Gasteiger partial charge in [-0.3, -0.25) is 4.79 Å². The summed E-state index contributed by atoms with van der Waals surface area (Å²) in [6.07, 6.45) is 0.275. The molecule has 0 aromatic carbocycles. The van der Waals surface area contributed by atoms with Crippen molar-refractivity contribution < 1.29 is 20.1 Å². The molecule has 1 aliphatic rings. The molecule has 10 nitrogen and oxygen atoms in total. The van der Waals surface area contributed by atoms with Gasteiger partial charge in [-0.25, -0.2) is 14.6 Å². The molecule has 2 aromatic rings. The molecule has 0 radical (unpaired) electrons. The van der Waals surface area contributed by atoms with Gasteiger partial charge in [0.1, 0.15) is 6.10 Å². The van der Waals surface area contributed by atoms with Gasteiger partial charge in [-0.1, -0.05) is 52.6 Å². The maximum absolute atomic E-state index is 11.3. The standard InChI is InChI=1S/C16H21IN6O4S/c1-2-6-28-16-19-13(18-5-3-4-17)10-14(20-16)23(22-21-10)9-7-8(15(26)27)11(24)12(9)25/h3-4,8-9,11-12,24-25H,2,5-7H2,1H3,(H,26,27)(H,18,19,20)/b4-3+/i17-2. The van der Waals surface area contributed by atoms with Gasteiger partial charge in [-0.2, -0.15) is 0 Å². The summed E-state index contributed by atoms with van der Waals surface area (Å²) in [4.78, 5) is 20.4. The van der Waals surface area contributed by atoms with E-state index in [1.54, 1.807) is 0 Å². The topological polar surface area (TPSA) is 146 Å². The molecule has 1 fully saturated rings. The van der Waals surface area contributed by atoms with Crippen LogP contribution in [0, 0.1) is 5.92 Å². The van der Waals surface area contributed by atoms with E-state index in [0.29, 0.717) is 28.7 Å². The summed E-state index contributed by atoms with van der Waals surface area (Å²) in [5, 5.41) is 41.7. The van der Waals surface area contributed by atoms with Crippen LogP contribution in [-0.4, -0.2) is 70.8 Å². The lowest BCUT2D eigenvalue weighted by Gasteiger charge is -2.16. The minimum atomic E-state index is -1.37. The summed E-state index contributed by atoms with van der Waals surface area (Å²) in [6.45, 7) is 2.61. The highest BCUT2D eigenvalue weighted by Crippen LogP contribution is 2.37. The van der Waals surface area contributed by atoms with E-state index < -0.39 is 30.1 Å². The molecular weight excluding hydrogens is 497 g/mol. The number of carboxylic acid groups (broad SMARTS) is 1. The van der Waals surface area contributed by atoms with Crippen LogP contribution in [0.15, 0.2) is 15.3 Å². The van der Waals surface area contributed by atoms with Gasteiger partial charge < -0.3 is 20.6 Å². The highest BCUT2D eigenvalue weighted by molar-refractivity contribution is 14.1. The van der Waals surface area contributed by atoms with Gasteiger partial charge in [0.05, 0.1) is 18.1 Å². The maximum Gasteiger partial charge on any atom is 0.309 e. The first-order valence-electron chi connectivity index (χ1n) is 8.81. The second-order valence-electron chi connectivity index (χ2n) is 6.38. The van der Waals surface area contributed by atoms with Crippen molar-refractivity contribution in [3.8, 4) is 0 Å². The van der Waals surface area contributed by atoms with Crippen LogP contribution in [0.3, 0.4) is 0 Å². The zero-order valence-corrected chi connectivity index (χ0v) is 18.0. The molecule has 0 saturated heterocycles. The van der Waals surface area contributed by atoms with E-state index in [0.717, 1.165) is 12.2 Å². The molecule has 0 amide bonds. The lowest BCUT2D eigenvalue weighted by Crippen LogP contribution is -2.32. The Morgan fingerprint density at radius 3 is 2.82 bits per heavy atom. The van der Waals surface area contributed by atoms with E-state index in [2.05, 4.69) is 55.1 Å². The van der Waals surface area contributed by atoms with Gasteiger partial charge in [0, 0.05) is 12.3 Å². The van der Waals surface area contributed by atoms with Gasteiger partial charge in [-0.05, 0) is 16.9 Å². The lowest BCUT2D eigenvalue weighted by molar-refractivity contribution is -0.145. The second kappa shape index (κ2) is 9.33. The number of rotatable bonds is 8. The van der Waals surface area contributed by atoms with Crippen LogP contribution < -0.4 is 5.32 Å². The first-order chi connectivity index (χ1) is 13.5. The molecule has 4 atom stereocenters. The van der Waals surface area contributed by atoms with E-state index in [1.807, 2.05) is 10.2 Å². The van der Waals surface area contributed by atoms with Gasteiger partial charge in [0.15, 0.2) is 22.1 Å². The van der Waals surface area contributed by atoms with Crippen LogP contribution in [0.5, 0.6) is 0 Å². The van der Waals surface area contributed by atoms with E-state index >= 15 is 0 Å². The van der Waals surface area contributed by atoms with Crippen molar-refractivity contribution in [2.24, 2.45) is 5.92 Å². The number of nitrogens with one attached hydrogen (secondary N) is 1. The van der Waals surface area contributed by atoms with E-state index in [4.69, 9.17) is 0 Å². The fourth-order valence-electron chi connectivity index (χ4n) is 3.11. The van der Waals surface area contributed by atoms with Gasteiger partial charge in [-0.15, -0.1) is 5.10 Å². The molecule has 28 heavy (non-hydrogen) atoms. The van der Waals surface area contributed by atoms with Crippen molar-refractivity contribution in [1.29, 1.82) is 0 Å². The summed E-state index contributed by atoms with van der Waals surface area (Å²) in [5.74, 6) is -0.861. The highest BCUT2D eigenvalue weighted by atomic mass is 125. The molecule has 2 heterocycles. The first-order valence-corrected chi connectivity index (χ1v) is 11.0. The smallest absolute Gasteiger partial charge is 0.309 e. The third kappa shape index (κ3) is 4.23. The predicted molar refractivity (Wildman–Crippen MR) is 113 cm³/mol. The number of thioether (sulfide) groups is 1. The molecule has 0 aliphatic heterocycles. The summed E-state index contributed by atoms with van der Waals surface area (Å²) < 4.78 is 3.29. The Kier molecular flexibility index (Phi) is 7.06. The van der Waals surface area contributed by atoms with Gasteiger partial charge >= 0.3 is 5.97 Å². The summed E-state index contributed by atoms with van der Waals surface area (Å²) in [7, 11) is 0. The minimum Gasteiger partial charge on any atom is -0.481 e. The van der Waals surface area contributed by atoms with Crippen molar-refractivity contribution in [2.45, 2.75) is 43.2 Å². The van der Waals surface area contributed by atoms with Crippen molar-refractivity contribution in [2.75, 3.05) is 17.6 Å². The van der Waals surface area contributed by atoms with Crippen LogP contribution >= 0.6 is 34.4 Å². The largest absolute Gasteiger partial charge is 0.481 e. The maximum atomic E-state index is 11.3. The highest BCUT2D eigenvalue weighted by Gasteiger charge is 2.47.